The molecule has 0 spiro atoms. The molecule has 2 N–H and O–H groups in total. The van der Waals surface area contributed by atoms with E-state index in [2.05, 4.69) is 4.98 Å². The van der Waals surface area contributed by atoms with Crippen molar-refractivity contribution in [3.8, 4) is 0 Å². The van der Waals surface area contributed by atoms with Gasteiger partial charge in [0.05, 0.1) is 23.1 Å². The van der Waals surface area contributed by atoms with E-state index < -0.39 is 11.7 Å². The molecule has 2 rings (SSSR count). The highest BCUT2D eigenvalue weighted by molar-refractivity contribution is 6.07. The molecule has 0 bridgehead atoms. The van der Waals surface area contributed by atoms with E-state index in [-0.39, 0.29) is 5.56 Å². The summed E-state index contributed by atoms with van der Waals surface area (Å²) in [6.45, 7) is 1.62. The van der Waals surface area contributed by atoms with Crippen molar-refractivity contribution in [2.24, 2.45) is 0 Å². The molecule has 0 unspecified atom stereocenters. The first kappa shape index (κ1) is 13.0. The fraction of sp³-hybridized carbons (Fsp3) is 0.143. The van der Waals surface area contributed by atoms with Crippen LogP contribution in [-0.4, -0.2) is 17.9 Å². The quantitative estimate of drug-likeness (QED) is 0.900. The number of nitrogen functional groups attached to an aromatic ring is 1. The minimum Gasteiger partial charge on any atom is -0.396 e. The molecule has 1 amide bonds. The van der Waals surface area contributed by atoms with Crippen LogP contribution in [0.5, 0.6) is 0 Å². The van der Waals surface area contributed by atoms with Gasteiger partial charge in [0.25, 0.3) is 5.91 Å². The van der Waals surface area contributed by atoms with Crippen molar-refractivity contribution in [3.63, 3.8) is 0 Å². The van der Waals surface area contributed by atoms with Crippen LogP contribution in [0.3, 0.4) is 0 Å². The summed E-state index contributed by atoms with van der Waals surface area (Å²) in [7, 11) is 1.55. The number of nitrogens with two attached hydrogens (primary N) is 1. The fourth-order valence-corrected chi connectivity index (χ4v) is 1.81. The van der Waals surface area contributed by atoms with Crippen molar-refractivity contribution in [2.45, 2.75) is 6.92 Å². The number of nitrogens with zero attached hydrogens (tertiary/aromatic N) is 2. The topological polar surface area (TPSA) is 59.2 Å². The minimum absolute atomic E-state index is 0.0266. The van der Waals surface area contributed by atoms with Gasteiger partial charge >= 0.3 is 0 Å². The second-order valence-corrected chi connectivity index (χ2v) is 4.24. The lowest BCUT2D eigenvalue weighted by atomic mass is 10.1. The summed E-state index contributed by atoms with van der Waals surface area (Å²) in [5.41, 5.74) is 7.08. The molecule has 1 aromatic carbocycles. The minimum atomic E-state index is -0.507. The fourth-order valence-electron chi connectivity index (χ4n) is 1.81. The zero-order chi connectivity index (χ0) is 14.0. The molecule has 98 valence electrons. The molecule has 1 aromatic heterocycles. The van der Waals surface area contributed by atoms with Crippen molar-refractivity contribution in [1.82, 2.24) is 4.98 Å². The van der Waals surface area contributed by atoms with Crippen LogP contribution in [0.4, 0.5) is 15.8 Å². The Balaban J connectivity index is 2.40. The largest absolute Gasteiger partial charge is 0.396 e. The van der Waals surface area contributed by atoms with Crippen molar-refractivity contribution in [3.05, 3.63) is 53.6 Å². The third kappa shape index (κ3) is 2.40. The Kier molecular flexibility index (Phi) is 3.46. The number of amides is 1. The van der Waals surface area contributed by atoms with Crippen LogP contribution >= 0.6 is 0 Å². The predicted molar refractivity (Wildman–Crippen MR) is 72.5 cm³/mol. The molecular formula is C14H14FN3O. The number of aryl methyl sites for hydroxylation is 1. The summed E-state index contributed by atoms with van der Waals surface area (Å²) in [6.07, 6.45) is 2.98. The average molecular weight is 259 g/mol. The third-order valence-corrected chi connectivity index (χ3v) is 2.92. The first-order valence-corrected chi connectivity index (χ1v) is 5.75. The molecule has 0 aliphatic rings. The number of hydrogen-bond acceptors (Lipinski definition) is 3. The zero-order valence-electron chi connectivity index (χ0n) is 10.7. The van der Waals surface area contributed by atoms with E-state index in [9.17, 15) is 9.18 Å². The van der Waals surface area contributed by atoms with Crippen molar-refractivity contribution in [1.29, 1.82) is 0 Å². The van der Waals surface area contributed by atoms with Crippen LogP contribution in [0.2, 0.25) is 0 Å². The number of rotatable bonds is 2. The lowest BCUT2D eigenvalue weighted by molar-refractivity contribution is 0.0989. The lowest BCUT2D eigenvalue weighted by Crippen LogP contribution is -2.28. The highest BCUT2D eigenvalue weighted by atomic mass is 19.1. The maximum atomic E-state index is 13.9. The smallest absolute Gasteiger partial charge is 0.261 e. The maximum absolute atomic E-state index is 13.9. The van der Waals surface area contributed by atoms with Crippen LogP contribution in [0, 0.1) is 12.7 Å². The monoisotopic (exact) mass is 259 g/mol. The Labute approximate surface area is 110 Å². The molecular weight excluding hydrogens is 245 g/mol. The highest BCUT2D eigenvalue weighted by Crippen LogP contribution is 2.23. The first-order chi connectivity index (χ1) is 9.02. The van der Waals surface area contributed by atoms with E-state index in [1.54, 1.807) is 32.2 Å². The van der Waals surface area contributed by atoms with Gasteiger partial charge in [0, 0.05) is 13.2 Å². The van der Waals surface area contributed by atoms with Crippen LogP contribution < -0.4 is 10.6 Å². The number of halogens is 1. The molecule has 0 saturated carbocycles. The van der Waals surface area contributed by atoms with Crippen LogP contribution in [0.15, 0.2) is 36.7 Å². The van der Waals surface area contributed by atoms with E-state index in [0.717, 1.165) is 0 Å². The van der Waals surface area contributed by atoms with E-state index in [1.165, 1.54) is 23.4 Å². The molecule has 0 aliphatic carbocycles. The van der Waals surface area contributed by atoms with Crippen LogP contribution in [-0.2, 0) is 0 Å². The average Bonchev–Trinajstić information content (AvgIpc) is 2.41. The Hall–Kier alpha value is -2.43. The number of hydrogen-bond donors (Lipinski definition) is 1. The number of carbonyl (C=O) groups excluding carboxylic acids is 1. The van der Waals surface area contributed by atoms with Gasteiger partial charge in [-0.05, 0) is 24.6 Å². The second kappa shape index (κ2) is 5.06. The van der Waals surface area contributed by atoms with Gasteiger partial charge in [0.15, 0.2) is 0 Å². The predicted octanol–water partition coefficient (Wildman–Crippen LogP) is 2.39. The van der Waals surface area contributed by atoms with Gasteiger partial charge in [0.2, 0.25) is 0 Å². The van der Waals surface area contributed by atoms with Gasteiger partial charge in [0.1, 0.15) is 5.82 Å². The molecule has 1 heterocycles. The summed E-state index contributed by atoms with van der Waals surface area (Å²) in [4.78, 5) is 17.4. The maximum Gasteiger partial charge on any atom is 0.261 e. The molecule has 0 aliphatic heterocycles. The Morgan fingerprint density at radius 2 is 2.11 bits per heavy atom. The summed E-state index contributed by atoms with van der Waals surface area (Å²) in [6, 6.07) is 6.34. The number of anilines is 2. The van der Waals surface area contributed by atoms with E-state index in [1.807, 2.05) is 0 Å². The zero-order valence-corrected chi connectivity index (χ0v) is 10.7. The Morgan fingerprint density at radius 3 is 2.79 bits per heavy atom. The highest BCUT2D eigenvalue weighted by Gasteiger charge is 2.19. The SMILES string of the molecule is Cc1cccc(C(=O)N(C)c2ccncc2N)c1F. The molecule has 2 aromatic rings. The third-order valence-electron chi connectivity index (χ3n) is 2.92. The van der Waals surface area contributed by atoms with E-state index >= 15 is 0 Å². The number of carbonyl (C=O) groups is 1. The molecule has 5 heteroatoms. The molecule has 0 fully saturated rings. The summed E-state index contributed by atoms with van der Waals surface area (Å²) < 4.78 is 13.9. The number of aromatic nitrogens is 1. The standard InChI is InChI=1S/C14H14FN3O/c1-9-4-3-5-10(13(9)15)14(19)18(2)12-6-7-17-8-11(12)16/h3-8H,16H2,1-2H3. The van der Waals surface area contributed by atoms with E-state index in [0.29, 0.717) is 16.9 Å². The molecule has 0 saturated heterocycles. The van der Waals surface area contributed by atoms with Gasteiger partial charge in [-0.25, -0.2) is 4.39 Å². The summed E-state index contributed by atoms with van der Waals surface area (Å²) in [5.74, 6) is -0.953. The van der Waals surface area contributed by atoms with Gasteiger partial charge in [-0.15, -0.1) is 0 Å². The molecule has 19 heavy (non-hydrogen) atoms. The second-order valence-electron chi connectivity index (χ2n) is 4.24. The van der Waals surface area contributed by atoms with Crippen molar-refractivity contribution >= 4 is 17.3 Å². The van der Waals surface area contributed by atoms with Crippen molar-refractivity contribution < 1.29 is 9.18 Å². The molecule has 0 atom stereocenters. The molecule has 4 nitrogen and oxygen atoms in total. The van der Waals surface area contributed by atoms with Gasteiger partial charge in [-0.1, -0.05) is 12.1 Å². The summed E-state index contributed by atoms with van der Waals surface area (Å²) in [5, 5.41) is 0. The van der Waals surface area contributed by atoms with Crippen LogP contribution in [0.1, 0.15) is 15.9 Å². The number of pyridine rings is 1. The first-order valence-electron chi connectivity index (χ1n) is 5.75. The van der Waals surface area contributed by atoms with Crippen molar-refractivity contribution in [2.75, 3.05) is 17.7 Å². The van der Waals surface area contributed by atoms with Crippen LogP contribution in [0.25, 0.3) is 0 Å². The Morgan fingerprint density at radius 1 is 1.37 bits per heavy atom. The van der Waals surface area contributed by atoms with E-state index in [4.69, 9.17) is 5.73 Å². The number of benzene rings is 1. The lowest BCUT2D eigenvalue weighted by Gasteiger charge is -2.19. The Bertz CT molecular complexity index is 628. The normalized spacial score (nSPS) is 10.3. The van der Waals surface area contributed by atoms with Gasteiger partial charge in [-0.2, -0.15) is 0 Å². The summed E-state index contributed by atoms with van der Waals surface area (Å²) >= 11 is 0. The molecule has 0 radical (unpaired) electrons. The van der Waals surface area contributed by atoms with Gasteiger partial charge in [-0.3, -0.25) is 9.78 Å². The van der Waals surface area contributed by atoms with Gasteiger partial charge < -0.3 is 10.6 Å².